The average molecular weight is 616 g/mol. The smallest absolute Gasteiger partial charge is 0.338 e. The van der Waals surface area contributed by atoms with Crippen LogP contribution in [0.5, 0.6) is 5.75 Å². The van der Waals surface area contributed by atoms with Crippen molar-refractivity contribution in [3.8, 4) is 5.75 Å². The van der Waals surface area contributed by atoms with Crippen LogP contribution in [0.25, 0.3) is 0 Å². The molecule has 0 fully saturated rings. The second kappa shape index (κ2) is 12.8. The molecule has 2 amide bonds. The molecule has 3 N–H and O–H groups in total. The molecule has 0 aromatic heterocycles. The van der Waals surface area contributed by atoms with Gasteiger partial charge < -0.3 is 9.84 Å². The lowest BCUT2D eigenvalue weighted by Crippen LogP contribution is -2.18. The maximum Gasteiger partial charge on any atom is 0.338 e. The average Bonchev–Trinajstić information content (AvgIpc) is 2.85. The van der Waals surface area contributed by atoms with Gasteiger partial charge in [-0.1, -0.05) is 44.0 Å². The number of carbonyl (C=O) groups is 3. The third-order valence-corrected chi connectivity index (χ3v) is 5.58. The van der Waals surface area contributed by atoms with E-state index in [1.165, 1.54) is 24.6 Å². The molecule has 0 unspecified atom stereocenters. The maximum absolute atomic E-state index is 12.3. The van der Waals surface area contributed by atoms with E-state index in [1.807, 2.05) is 0 Å². The molecule has 3 aromatic carbocycles. The molecule has 9 nitrogen and oxygen atoms in total. The Balaban J connectivity index is 1.82. The summed E-state index contributed by atoms with van der Waals surface area (Å²) in [6.07, 6.45) is 2.37. The van der Waals surface area contributed by atoms with Crippen molar-refractivity contribution in [2.24, 2.45) is 10.2 Å². The predicted molar refractivity (Wildman–Crippen MR) is 142 cm³/mol. The monoisotopic (exact) mass is 614 g/mol. The zero-order valence-corrected chi connectivity index (χ0v) is 22.0. The number of phenols is 1. The first-order valence-corrected chi connectivity index (χ1v) is 12.1. The molecule has 3 rings (SSSR count). The molecule has 0 bridgehead atoms. The van der Waals surface area contributed by atoms with Gasteiger partial charge in [0.1, 0.15) is 5.75 Å². The molecular weight excluding hydrogens is 596 g/mol. The Morgan fingerprint density at radius 1 is 0.833 bits per heavy atom. The number of nitrogens with one attached hydrogen (secondary N) is 2. The minimum Gasteiger partial charge on any atom is -0.507 e. The standard InChI is InChI=1S/C25H20Br2N4O5/c1-2-36-25(35)17-9-18(13-28-30-23(33)15-5-3-7-20(26)11-15)22(32)19(10-17)14-29-31-24(34)16-6-4-8-21(27)12-16/h3-14,32H,2H2,1H3,(H,30,33)(H,31,34). The Kier molecular flexibility index (Phi) is 9.48. The van der Waals surface area contributed by atoms with Crippen molar-refractivity contribution >= 4 is 62.1 Å². The summed E-state index contributed by atoms with van der Waals surface area (Å²) < 4.78 is 6.51. The molecule has 0 aliphatic heterocycles. The number of amides is 2. The van der Waals surface area contributed by atoms with Crippen LogP contribution in [0.2, 0.25) is 0 Å². The Hall–Kier alpha value is -3.83. The summed E-state index contributed by atoms with van der Waals surface area (Å²) >= 11 is 6.59. The Bertz CT molecular complexity index is 1270. The lowest BCUT2D eigenvalue weighted by Gasteiger charge is -2.08. The summed E-state index contributed by atoms with van der Waals surface area (Å²) in [6.45, 7) is 1.82. The van der Waals surface area contributed by atoms with Gasteiger partial charge in [0.25, 0.3) is 11.8 Å². The van der Waals surface area contributed by atoms with Crippen LogP contribution in [0.4, 0.5) is 0 Å². The van der Waals surface area contributed by atoms with E-state index in [1.54, 1.807) is 55.5 Å². The van der Waals surface area contributed by atoms with Crippen molar-refractivity contribution in [1.29, 1.82) is 0 Å². The molecule has 0 aliphatic rings. The lowest BCUT2D eigenvalue weighted by molar-refractivity contribution is 0.0526. The number of nitrogens with zero attached hydrogens (tertiary/aromatic N) is 2. The molecule has 0 atom stereocenters. The van der Waals surface area contributed by atoms with Gasteiger partial charge >= 0.3 is 5.97 Å². The maximum atomic E-state index is 12.3. The third-order valence-electron chi connectivity index (χ3n) is 4.59. The molecular formula is C25H20Br2N4O5. The second-order valence-electron chi connectivity index (χ2n) is 7.14. The first-order valence-electron chi connectivity index (χ1n) is 10.5. The number of esters is 1. The summed E-state index contributed by atoms with van der Waals surface area (Å²) in [7, 11) is 0. The van der Waals surface area contributed by atoms with Gasteiger partial charge in [0.2, 0.25) is 0 Å². The third kappa shape index (κ3) is 7.33. The number of benzene rings is 3. The van der Waals surface area contributed by atoms with Gasteiger partial charge in [-0.25, -0.2) is 15.6 Å². The highest BCUT2D eigenvalue weighted by Crippen LogP contribution is 2.23. The molecule has 36 heavy (non-hydrogen) atoms. The number of hydrazone groups is 2. The number of halogens is 2. The highest BCUT2D eigenvalue weighted by Gasteiger charge is 2.14. The SMILES string of the molecule is CCOC(=O)c1cc(C=NNC(=O)c2cccc(Br)c2)c(O)c(C=NNC(=O)c2cccc(Br)c2)c1. The quantitative estimate of drug-likeness (QED) is 0.193. The molecule has 184 valence electrons. The van der Waals surface area contributed by atoms with E-state index in [0.717, 1.165) is 8.95 Å². The van der Waals surface area contributed by atoms with E-state index < -0.39 is 17.8 Å². The first-order chi connectivity index (χ1) is 17.3. The molecule has 3 aromatic rings. The Morgan fingerprint density at radius 3 is 1.72 bits per heavy atom. The molecule has 0 saturated heterocycles. The van der Waals surface area contributed by atoms with Gasteiger partial charge in [-0.15, -0.1) is 0 Å². The number of ether oxygens (including phenoxy) is 1. The van der Waals surface area contributed by atoms with Crippen molar-refractivity contribution < 1.29 is 24.2 Å². The molecule has 0 radical (unpaired) electrons. The topological polar surface area (TPSA) is 129 Å². The molecule has 11 heteroatoms. The summed E-state index contributed by atoms with van der Waals surface area (Å²) in [5, 5.41) is 18.5. The summed E-state index contributed by atoms with van der Waals surface area (Å²) in [5.41, 5.74) is 5.84. The largest absolute Gasteiger partial charge is 0.507 e. The van der Waals surface area contributed by atoms with Gasteiger partial charge in [-0.2, -0.15) is 10.2 Å². The van der Waals surface area contributed by atoms with Crippen molar-refractivity contribution in [2.45, 2.75) is 6.92 Å². The molecule has 0 spiro atoms. The summed E-state index contributed by atoms with van der Waals surface area (Å²) in [4.78, 5) is 36.9. The minimum atomic E-state index is -0.627. The number of phenolic OH excluding ortho intramolecular Hbond substituents is 1. The fraction of sp³-hybridized carbons (Fsp3) is 0.0800. The van der Waals surface area contributed by atoms with Crippen molar-refractivity contribution in [2.75, 3.05) is 6.61 Å². The van der Waals surface area contributed by atoms with E-state index in [4.69, 9.17) is 4.74 Å². The van der Waals surface area contributed by atoms with Gasteiger partial charge in [-0.05, 0) is 55.5 Å². The first kappa shape index (κ1) is 26.8. The van der Waals surface area contributed by atoms with Crippen LogP contribution >= 0.6 is 31.9 Å². The zero-order chi connectivity index (χ0) is 26.1. The molecule has 0 saturated carbocycles. The number of rotatable bonds is 8. The summed E-state index contributed by atoms with van der Waals surface area (Å²) in [5.74, 6) is -1.83. The highest BCUT2D eigenvalue weighted by atomic mass is 79.9. The summed E-state index contributed by atoms with van der Waals surface area (Å²) in [6, 6.07) is 16.2. The number of hydrogen-bond donors (Lipinski definition) is 3. The minimum absolute atomic E-state index is 0.120. The predicted octanol–water partition coefficient (Wildman–Crippen LogP) is 4.62. The fourth-order valence-corrected chi connectivity index (χ4v) is 3.72. The van der Waals surface area contributed by atoms with Gasteiger partial charge in [0, 0.05) is 31.2 Å². The van der Waals surface area contributed by atoms with Crippen LogP contribution in [-0.4, -0.2) is 41.9 Å². The van der Waals surface area contributed by atoms with Crippen LogP contribution in [0, 0.1) is 0 Å². The van der Waals surface area contributed by atoms with E-state index in [-0.39, 0.29) is 29.0 Å². The van der Waals surface area contributed by atoms with E-state index in [2.05, 4.69) is 52.9 Å². The molecule has 0 aliphatic carbocycles. The Labute approximate surface area is 223 Å². The normalized spacial score (nSPS) is 11.0. The lowest BCUT2D eigenvalue weighted by atomic mass is 10.0. The van der Waals surface area contributed by atoms with Gasteiger partial charge in [-0.3, -0.25) is 9.59 Å². The highest BCUT2D eigenvalue weighted by molar-refractivity contribution is 9.10. The van der Waals surface area contributed by atoms with E-state index in [0.29, 0.717) is 11.1 Å². The van der Waals surface area contributed by atoms with Crippen molar-refractivity contribution in [3.63, 3.8) is 0 Å². The van der Waals surface area contributed by atoms with Crippen molar-refractivity contribution in [1.82, 2.24) is 10.9 Å². The van der Waals surface area contributed by atoms with Crippen LogP contribution in [-0.2, 0) is 4.74 Å². The van der Waals surface area contributed by atoms with Crippen LogP contribution in [0.1, 0.15) is 49.1 Å². The van der Waals surface area contributed by atoms with Crippen LogP contribution in [0.15, 0.2) is 79.8 Å². The van der Waals surface area contributed by atoms with Crippen molar-refractivity contribution in [3.05, 3.63) is 97.4 Å². The van der Waals surface area contributed by atoms with Gasteiger partial charge in [0.15, 0.2) is 0 Å². The molecule has 0 heterocycles. The van der Waals surface area contributed by atoms with Gasteiger partial charge in [0.05, 0.1) is 24.6 Å². The number of carbonyl (C=O) groups excluding carboxylic acids is 3. The zero-order valence-electron chi connectivity index (χ0n) is 18.9. The van der Waals surface area contributed by atoms with Crippen LogP contribution < -0.4 is 10.9 Å². The fourth-order valence-electron chi connectivity index (χ4n) is 2.92. The van der Waals surface area contributed by atoms with Crippen LogP contribution in [0.3, 0.4) is 0 Å². The second-order valence-corrected chi connectivity index (χ2v) is 8.97. The van der Waals surface area contributed by atoms with E-state index >= 15 is 0 Å². The van der Waals surface area contributed by atoms with E-state index in [9.17, 15) is 19.5 Å². The number of hydrogen-bond acceptors (Lipinski definition) is 7. The Morgan fingerprint density at radius 2 is 1.31 bits per heavy atom. The number of aromatic hydroxyl groups is 1.